The number of ether oxygens (including phenoxy) is 2. The van der Waals surface area contributed by atoms with E-state index in [1.54, 1.807) is 6.20 Å². The van der Waals surface area contributed by atoms with Crippen LogP contribution in [0, 0.1) is 0 Å². The summed E-state index contributed by atoms with van der Waals surface area (Å²) in [6.45, 7) is 7.37. The van der Waals surface area contributed by atoms with Crippen molar-refractivity contribution < 1.29 is 9.47 Å². The summed E-state index contributed by atoms with van der Waals surface area (Å²) in [4.78, 5) is 13.7. The van der Waals surface area contributed by atoms with Gasteiger partial charge in [-0.15, -0.1) is 0 Å². The van der Waals surface area contributed by atoms with Crippen molar-refractivity contribution >= 4 is 0 Å². The maximum atomic E-state index is 6.31. The molecule has 172 valence electrons. The van der Waals surface area contributed by atoms with Crippen LogP contribution in [-0.4, -0.2) is 65.7 Å². The molecule has 2 fully saturated rings. The molecule has 3 aromatic rings. The van der Waals surface area contributed by atoms with Gasteiger partial charge in [0.2, 0.25) is 0 Å². The van der Waals surface area contributed by atoms with Crippen molar-refractivity contribution in [3.8, 4) is 17.0 Å². The first-order chi connectivity index (χ1) is 16.3. The van der Waals surface area contributed by atoms with Crippen molar-refractivity contribution in [2.24, 2.45) is 0 Å². The molecular weight excluding hydrogens is 412 g/mol. The molecule has 2 aliphatic rings. The van der Waals surface area contributed by atoms with Gasteiger partial charge >= 0.3 is 0 Å². The molecule has 4 heterocycles. The summed E-state index contributed by atoms with van der Waals surface area (Å²) in [5, 5.41) is 0. The Kier molecular flexibility index (Phi) is 7.26. The summed E-state index contributed by atoms with van der Waals surface area (Å²) in [5.74, 6) is 0.971. The second kappa shape index (κ2) is 10.9. The van der Waals surface area contributed by atoms with Crippen LogP contribution >= 0.6 is 0 Å². The van der Waals surface area contributed by atoms with Gasteiger partial charge in [-0.25, -0.2) is 0 Å². The van der Waals surface area contributed by atoms with E-state index >= 15 is 0 Å². The molecule has 2 aromatic heterocycles. The summed E-state index contributed by atoms with van der Waals surface area (Å²) in [6, 6.07) is 16.6. The summed E-state index contributed by atoms with van der Waals surface area (Å²) in [6.07, 6.45) is 8.21. The first-order valence-electron chi connectivity index (χ1n) is 12.0. The monoisotopic (exact) mass is 444 g/mol. The number of benzene rings is 1. The number of hydrogen-bond acceptors (Lipinski definition) is 6. The minimum absolute atomic E-state index is 0.0472. The van der Waals surface area contributed by atoms with Crippen LogP contribution in [0.15, 0.2) is 67.1 Å². The Hall–Kier alpha value is -2.80. The first-order valence-corrected chi connectivity index (χ1v) is 12.0. The van der Waals surface area contributed by atoms with Crippen LogP contribution in [0.3, 0.4) is 0 Å². The van der Waals surface area contributed by atoms with Crippen molar-refractivity contribution in [2.75, 3.05) is 45.9 Å². The van der Waals surface area contributed by atoms with Gasteiger partial charge in [-0.3, -0.25) is 19.8 Å². The van der Waals surface area contributed by atoms with Gasteiger partial charge in [0.1, 0.15) is 12.4 Å². The number of morpholine rings is 1. The Labute approximate surface area is 196 Å². The van der Waals surface area contributed by atoms with Gasteiger partial charge < -0.3 is 9.47 Å². The third-order valence-corrected chi connectivity index (χ3v) is 6.49. The lowest BCUT2D eigenvalue weighted by Gasteiger charge is -2.33. The topological polar surface area (TPSA) is 50.7 Å². The van der Waals surface area contributed by atoms with Gasteiger partial charge in [0.15, 0.2) is 0 Å². The quantitative estimate of drug-likeness (QED) is 0.519. The van der Waals surface area contributed by atoms with E-state index in [-0.39, 0.29) is 6.10 Å². The van der Waals surface area contributed by atoms with Crippen LogP contribution in [0.4, 0.5) is 0 Å². The van der Waals surface area contributed by atoms with E-state index in [2.05, 4.69) is 50.1 Å². The Morgan fingerprint density at radius 3 is 2.73 bits per heavy atom. The maximum absolute atomic E-state index is 6.31. The first kappa shape index (κ1) is 22.0. The highest BCUT2D eigenvalue weighted by atomic mass is 16.5. The second-order valence-electron chi connectivity index (χ2n) is 8.82. The average molecular weight is 445 g/mol. The number of nitrogens with zero attached hydrogens (tertiary/aromatic N) is 4. The Balaban J connectivity index is 1.32. The highest BCUT2D eigenvalue weighted by molar-refractivity contribution is 5.62. The highest BCUT2D eigenvalue weighted by Gasteiger charge is 2.23. The minimum atomic E-state index is 0.0472. The number of aromatic nitrogens is 2. The van der Waals surface area contributed by atoms with Crippen molar-refractivity contribution in [2.45, 2.75) is 25.5 Å². The number of likely N-dealkylation sites (tertiary alicyclic amines) is 1. The predicted octanol–water partition coefficient (Wildman–Crippen LogP) is 4.19. The van der Waals surface area contributed by atoms with Crippen molar-refractivity contribution in [1.82, 2.24) is 19.8 Å². The van der Waals surface area contributed by atoms with Gasteiger partial charge in [0.25, 0.3) is 0 Å². The smallest absolute Gasteiger partial charge is 0.123 e. The number of rotatable bonds is 8. The standard InChI is InChI=1S/C27H32N4O2/c1-2-11-29-25(7-1)22-8-9-26(32-16-14-30-12-3-4-13-30)24(18-22)20-31-15-17-33-27(21-31)23-6-5-10-28-19-23/h1-2,5-11,18-19,27H,3-4,12-17,20-21H2. The summed E-state index contributed by atoms with van der Waals surface area (Å²) in [5.41, 5.74) is 4.44. The predicted molar refractivity (Wildman–Crippen MR) is 129 cm³/mol. The fourth-order valence-electron chi connectivity index (χ4n) is 4.68. The van der Waals surface area contributed by atoms with Gasteiger partial charge in [0.05, 0.1) is 18.4 Å². The van der Waals surface area contributed by atoms with E-state index in [1.165, 1.54) is 31.5 Å². The lowest BCUT2D eigenvalue weighted by atomic mass is 10.0. The van der Waals surface area contributed by atoms with Crippen LogP contribution in [0.5, 0.6) is 5.75 Å². The molecule has 0 aliphatic carbocycles. The van der Waals surface area contributed by atoms with Gasteiger partial charge in [-0.05, 0) is 62.3 Å². The molecule has 6 heteroatoms. The van der Waals surface area contributed by atoms with E-state index in [1.807, 2.05) is 30.6 Å². The second-order valence-corrected chi connectivity index (χ2v) is 8.82. The Bertz CT molecular complexity index is 1010. The van der Waals surface area contributed by atoms with E-state index in [4.69, 9.17) is 9.47 Å². The van der Waals surface area contributed by atoms with Crippen molar-refractivity contribution in [1.29, 1.82) is 0 Å². The zero-order valence-electron chi connectivity index (χ0n) is 19.1. The molecule has 0 saturated carbocycles. The third-order valence-electron chi connectivity index (χ3n) is 6.49. The lowest BCUT2D eigenvalue weighted by Crippen LogP contribution is -2.38. The molecular formula is C27H32N4O2. The Morgan fingerprint density at radius 2 is 1.91 bits per heavy atom. The summed E-state index contributed by atoms with van der Waals surface area (Å²) >= 11 is 0. The highest BCUT2D eigenvalue weighted by Crippen LogP contribution is 2.29. The molecule has 5 rings (SSSR count). The van der Waals surface area contributed by atoms with Crippen molar-refractivity contribution in [3.05, 3.63) is 78.2 Å². The molecule has 6 nitrogen and oxygen atoms in total. The van der Waals surface area contributed by atoms with E-state index in [9.17, 15) is 0 Å². The van der Waals surface area contributed by atoms with Crippen LogP contribution in [0.1, 0.15) is 30.1 Å². The molecule has 2 aliphatic heterocycles. The molecule has 1 unspecified atom stereocenters. The zero-order valence-corrected chi connectivity index (χ0v) is 19.1. The minimum Gasteiger partial charge on any atom is -0.492 e. The maximum Gasteiger partial charge on any atom is 0.123 e. The SMILES string of the molecule is c1ccc(-c2ccc(OCCN3CCCC3)c(CN3CCOC(c4cccnc4)C3)c2)nc1. The van der Waals surface area contributed by atoms with Gasteiger partial charge in [-0.2, -0.15) is 0 Å². The Morgan fingerprint density at radius 1 is 0.970 bits per heavy atom. The van der Waals surface area contributed by atoms with Crippen LogP contribution < -0.4 is 4.74 Å². The summed E-state index contributed by atoms with van der Waals surface area (Å²) < 4.78 is 12.4. The summed E-state index contributed by atoms with van der Waals surface area (Å²) in [7, 11) is 0. The third kappa shape index (κ3) is 5.77. The largest absolute Gasteiger partial charge is 0.492 e. The van der Waals surface area contributed by atoms with Crippen LogP contribution in [0.25, 0.3) is 11.3 Å². The van der Waals surface area contributed by atoms with E-state index < -0.39 is 0 Å². The average Bonchev–Trinajstić information content (AvgIpc) is 3.40. The molecule has 0 bridgehead atoms. The normalized spacial score (nSPS) is 19.6. The fourth-order valence-corrected chi connectivity index (χ4v) is 4.68. The van der Waals surface area contributed by atoms with Crippen molar-refractivity contribution in [3.63, 3.8) is 0 Å². The molecule has 1 atom stereocenters. The van der Waals surface area contributed by atoms with Gasteiger partial charge in [0, 0.05) is 61.5 Å². The molecule has 0 N–H and O–H groups in total. The molecule has 0 amide bonds. The van der Waals surface area contributed by atoms with E-state index in [0.717, 1.165) is 55.4 Å². The molecule has 33 heavy (non-hydrogen) atoms. The number of hydrogen-bond donors (Lipinski definition) is 0. The lowest BCUT2D eigenvalue weighted by molar-refractivity contribution is -0.0332. The zero-order chi connectivity index (χ0) is 22.3. The molecule has 2 saturated heterocycles. The molecule has 0 spiro atoms. The molecule has 1 aromatic carbocycles. The van der Waals surface area contributed by atoms with Crippen LogP contribution in [-0.2, 0) is 11.3 Å². The fraction of sp³-hybridized carbons (Fsp3) is 0.407. The van der Waals surface area contributed by atoms with E-state index in [0.29, 0.717) is 6.61 Å². The molecule has 0 radical (unpaired) electrons. The van der Waals surface area contributed by atoms with Gasteiger partial charge in [-0.1, -0.05) is 12.1 Å². The number of pyridine rings is 2. The van der Waals surface area contributed by atoms with Crippen LogP contribution in [0.2, 0.25) is 0 Å².